The molecule has 14 heavy (non-hydrogen) atoms. The lowest BCUT2D eigenvalue weighted by atomic mass is 10.2. The SMILES string of the molecule is CCc1nnc(C2=CC=CI=C=C2)o1. The minimum Gasteiger partial charge on any atom is -0.421 e. The number of halogens is 1. The molecule has 0 saturated heterocycles. The Morgan fingerprint density at radius 2 is 2.43 bits per heavy atom. The Bertz CT molecular complexity index is 450. The van der Waals surface area contributed by atoms with Crippen LogP contribution in [0.5, 0.6) is 0 Å². The van der Waals surface area contributed by atoms with Gasteiger partial charge in [0.05, 0.1) is 0 Å². The molecule has 3 nitrogen and oxygen atoms in total. The topological polar surface area (TPSA) is 38.9 Å². The Balaban J connectivity index is 2.35. The van der Waals surface area contributed by atoms with Crippen molar-refractivity contribution < 1.29 is 4.42 Å². The molecule has 0 N–H and O–H groups in total. The van der Waals surface area contributed by atoms with Crippen LogP contribution in [0, 0.1) is 0 Å². The third-order valence-corrected chi connectivity index (χ3v) is 3.15. The molecule has 0 spiro atoms. The summed E-state index contributed by atoms with van der Waals surface area (Å²) in [6, 6.07) is 0. The molecule has 0 atom stereocenters. The zero-order chi connectivity index (χ0) is 9.80. The fourth-order valence-corrected chi connectivity index (χ4v) is 2.14. The summed E-state index contributed by atoms with van der Waals surface area (Å²) in [4.78, 5) is 0. The number of hydrogen-bond donors (Lipinski definition) is 0. The Kier molecular flexibility index (Phi) is 3.06. The van der Waals surface area contributed by atoms with Gasteiger partial charge in [-0.15, -0.1) is 10.2 Å². The molecule has 0 aliphatic carbocycles. The average Bonchev–Trinajstić information content (AvgIpc) is 2.53. The summed E-state index contributed by atoms with van der Waals surface area (Å²) < 4.78 is 10.8. The maximum Gasteiger partial charge on any atom is 0.248 e. The van der Waals surface area contributed by atoms with E-state index >= 15 is 0 Å². The van der Waals surface area contributed by atoms with Crippen LogP contribution >= 0.6 is 20.7 Å². The fraction of sp³-hybridized carbons (Fsp3) is 0.200. The van der Waals surface area contributed by atoms with Gasteiger partial charge in [0.15, 0.2) is 0 Å². The van der Waals surface area contributed by atoms with Crippen LogP contribution in [-0.4, -0.2) is 13.9 Å². The maximum absolute atomic E-state index is 5.44. The molecule has 0 aromatic carbocycles. The average molecular weight is 300 g/mol. The Labute approximate surface area is 92.0 Å². The maximum atomic E-state index is 5.44. The number of rotatable bonds is 2. The highest BCUT2D eigenvalue weighted by molar-refractivity contribution is 14.2. The van der Waals surface area contributed by atoms with Crippen molar-refractivity contribution in [1.82, 2.24) is 10.2 Å². The van der Waals surface area contributed by atoms with Gasteiger partial charge in [-0.25, -0.2) is 0 Å². The highest BCUT2D eigenvalue weighted by Gasteiger charge is 2.07. The van der Waals surface area contributed by atoms with Crippen molar-refractivity contribution in [2.24, 2.45) is 0 Å². The van der Waals surface area contributed by atoms with Gasteiger partial charge in [-0.2, -0.15) is 0 Å². The van der Waals surface area contributed by atoms with E-state index in [0.717, 1.165) is 12.0 Å². The van der Waals surface area contributed by atoms with E-state index in [2.05, 4.69) is 17.9 Å². The van der Waals surface area contributed by atoms with E-state index in [1.807, 2.05) is 25.2 Å². The molecule has 2 heterocycles. The van der Waals surface area contributed by atoms with Crippen molar-refractivity contribution in [3.8, 4) is 0 Å². The van der Waals surface area contributed by atoms with E-state index in [4.69, 9.17) is 4.42 Å². The van der Waals surface area contributed by atoms with Crippen molar-refractivity contribution in [1.29, 1.82) is 0 Å². The zero-order valence-corrected chi connectivity index (χ0v) is 9.85. The van der Waals surface area contributed by atoms with Gasteiger partial charge in [-0.3, -0.25) is 0 Å². The highest BCUT2D eigenvalue weighted by atomic mass is 127. The largest absolute Gasteiger partial charge is 0.421 e. The smallest absolute Gasteiger partial charge is 0.248 e. The molecule has 0 bridgehead atoms. The zero-order valence-electron chi connectivity index (χ0n) is 7.70. The normalized spacial score (nSPS) is 14.8. The third kappa shape index (κ3) is 2.08. The first-order valence-electron chi connectivity index (χ1n) is 4.31. The fourth-order valence-electron chi connectivity index (χ4n) is 0.997. The second kappa shape index (κ2) is 4.48. The minimum absolute atomic E-state index is 0.0569. The van der Waals surface area contributed by atoms with Crippen LogP contribution in [0.15, 0.2) is 26.7 Å². The summed E-state index contributed by atoms with van der Waals surface area (Å²) in [5.41, 5.74) is 0.950. The Morgan fingerprint density at radius 1 is 1.50 bits per heavy atom. The van der Waals surface area contributed by atoms with E-state index in [-0.39, 0.29) is 20.7 Å². The Hall–Kier alpha value is -1.00. The van der Waals surface area contributed by atoms with Crippen molar-refractivity contribution in [2.75, 3.05) is 0 Å². The lowest BCUT2D eigenvalue weighted by Crippen LogP contribution is -1.80. The van der Waals surface area contributed by atoms with Gasteiger partial charge in [0.1, 0.15) is 0 Å². The first-order chi connectivity index (χ1) is 6.90. The van der Waals surface area contributed by atoms with Gasteiger partial charge < -0.3 is 4.42 Å². The molecule has 1 aromatic heterocycles. The van der Waals surface area contributed by atoms with Crippen LogP contribution in [-0.2, 0) is 6.42 Å². The van der Waals surface area contributed by atoms with Crippen molar-refractivity contribution in [2.45, 2.75) is 13.3 Å². The summed E-state index contributed by atoms with van der Waals surface area (Å²) in [7, 11) is 0. The lowest BCUT2D eigenvalue weighted by molar-refractivity contribution is 0.489. The van der Waals surface area contributed by atoms with Gasteiger partial charge in [0, 0.05) is 12.0 Å². The van der Waals surface area contributed by atoms with Gasteiger partial charge >= 0.3 is 0 Å². The van der Waals surface area contributed by atoms with Crippen molar-refractivity contribution >= 4 is 30.0 Å². The number of aryl methyl sites for hydroxylation is 1. The molecule has 0 saturated carbocycles. The third-order valence-electron chi connectivity index (χ3n) is 1.70. The van der Waals surface area contributed by atoms with E-state index in [9.17, 15) is 0 Å². The van der Waals surface area contributed by atoms with E-state index in [1.54, 1.807) is 0 Å². The van der Waals surface area contributed by atoms with Crippen LogP contribution < -0.4 is 0 Å². The predicted molar refractivity (Wildman–Crippen MR) is 64.4 cm³/mol. The Morgan fingerprint density at radius 3 is 3.21 bits per heavy atom. The van der Waals surface area contributed by atoms with Crippen LogP contribution in [0.1, 0.15) is 18.7 Å². The number of allylic oxidation sites excluding steroid dienone is 4. The summed E-state index contributed by atoms with van der Waals surface area (Å²) >= 11 is -0.0569. The standard InChI is InChI=1S/C10H9IN2O/c1-2-9-12-13-10(14-9)8-4-3-6-11-7-5-8/h3-6H,2H2,1H3. The van der Waals surface area contributed by atoms with Crippen LogP contribution in [0.3, 0.4) is 0 Å². The van der Waals surface area contributed by atoms with Crippen LogP contribution in [0.2, 0.25) is 0 Å². The first-order valence-corrected chi connectivity index (χ1v) is 6.63. The second-order valence-corrected chi connectivity index (χ2v) is 4.62. The molecule has 0 fully saturated rings. The van der Waals surface area contributed by atoms with Gasteiger partial charge in [0.2, 0.25) is 11.8 Å². The molecule has 1 aliphatic rings. The molecular formula is C10H9IN2O. The van der Waals surface area contributed by atoms with Crippen LogP contribution in [0.4, 0.5) is 0 Å². The molecular weight excluding hydrogens is 291 g/mol. The molecule has 0 amide bonds. The first kappa shape index (κ1) is 9.55. The monoisotopic (exact) mass is 300 g/mol. The summed E-state index contributed by atoms with van der Waals surface area (Å²) in [5.74, 6) is 1.27. The number of hydrogen-bond acceptors (Lipinski definition) is 3. The molecule has 0 radical (unpaired) electrons. The van der Waals surface area contributed by atoms with Gasteiger partial charge in [-0.1, -0.05) is 16.7 Å². The molecule has 4 heteroatoms. The quantitative estimate of drug-likeness (QED) is 0.788. The van der Waals surface area contributed by atoms with Gasteiger partial charge in [0.25, 0.3) is 0 Å². The minimum atomic E-state index is -0.0569. The molecule has 72 valence electrons. The van der Waals surface area contributed by atoms with E-state index < -0.39 is 0 Å². The molecule has 1 aromatic rings. The molecule has 1 aliphatic heterocycles. The van der Waals surface area contributed by atoms with Gasteiger partial charge in [-0.05, 0) is 37.0 Å². The molecule has 2 rings (SSSR count). The molecule has 0 unspecified atom stereocenters. The second-order valence-electron chi connectivity index (χ2n) is 2.66. The van der Waals surface area contributed by atoms with E-state index in [0.29, 0.717) is 11.8 Å². The highest BCUT2D eigenvalue weighted by Crippen LogP contribution is 2.16. The van der Waals surface area contributed by atoms with Crippen molar-refractivity contribution in [3.05, 3.63) is 34.1 Å². The summed E-state index contributed by atoms with van der Waals surface area (Å²) in [5, 5.41) is 7.89. The van der Waals surface area contributed by atoms with Crippen LogP contribution in [0.25, 0.3) is 5.57 Å². The van der Waals surface area contributed by atoms with Crippen molar-refractivity contribution in [3.63, 3.8) is 0 Å². The predicted octanol–water partition coefficient (Wildman–Crippen LogP) is 2.47. The number of aromatic nitrogens is 2. The summed E-state index contributed by atoms with van der Waals surface area (Å²) in [6.45, 7) is 1.99. The van der Waals surface area contributed by atoms with E-state index in [1.165, 1.54) is 0 Å². The lowest BCUT2D eigenvalue weighted by Gasteiger charge is -1.89. The summed E-state index contributed by atoms with van der Waals surface area (Å²) in [6.07, 6.45) is 6.71. The number of nitrogens with zero attached hydrogens (tertiary/aromatic N) is 2.